The van der Waals surface area contributed by atoms with E-state index in [0.717, 1.165) is 115 Å². The molecule has 0 radical (unpaired) electrons. The number of carbonyl (C=O) groups excluding carboxylic acids is 5. The molecule has 0 aromatic heterocycles. The molecule has 9 heteroatoms. The Morgan fingerprint density at radius 2 is 1.39 bits per heavy atom. The van der Waals surface area contributed by atoms with Crippen molar-refractivity contribution >= 4 is 29.7 Å². The minimum atomic E-state index is -0.502. The zero-order chi connectivity index (χ0) is 44.0. The molecule has 336 valence electrons. The number of amides is 3. The zero-order valence-corrected chi connectivity index (χ0v) is 38.6. The van der Waals surface area contributed by atoms with Gasteiger partial charge in [-0.3, -0.25) is 28.9 Å². The van der Waals surface area contributed by atoms with E-state index in [1.54, 1.807) is 19.1 Å². The molecule has 61 heavy (non-hydrogen) atoms. The molecule has 0 saturated heterocycles. The van der Waals surface area contributed by atoms with Crippen molar-refractivity contribution in [2.24, 2.45) is 56.7 Å². The Balaban J connectivity index is 1.08. The molecular weight excluding hydrogens is 765 g/mol. The number of unbranched alkanes of at least 4 members (excludes halogenated alkanes) is 7. The maximum absolute atomic E-state index is 14.9. The van der Waals surface area contributed by atoms with Crippen molar-refractivity contribution in [1.82, 2.24) is 10.2 Å². The van der Waals surface area contributed by atoms with Crippen LogP contribution in [0.15, 0.2) is 36.4 Å². The summed E-state index contributed by atoms with van der Waals surface area (Å²) < 4.78 is 10.7. The fraction of sp³-hybridized carbons (Fsp3) is 0.750. The summed E-state index contributed by atoms with van der Waals surface area (Å²) in [6, 6.07) is 7.10. The number of imide groups is 1. The second kappa shape index (κ2) is 17.6. The van der Waals surface area contributed by atoms with Gasteiger partial charge in [0, 0.05) is 25.3 Å². The van der Waals surface area contributed by atoms with Crippen LogP contribution in [0.25, 0.3) is 0 Å². The molecule has 0 bridgehead atoms. The van der Waals surface area contributed by atoms with Crippen LogP contribution in [0.5, 0.6) is 0 Å². The molecule has 5 saturated carbocycles. The first-order chi connectivity index (χ1) is 29.0. The lowest BCUT2D eigenvalue weighted by atomic mass is 9.32. The molecule has 1 N–H and O–H groups in total. The molecule has 9 nitrogen and oxygen atoms in total. The summed E-state index contributed by atoms with van der Waals surface area (Å²) in [6.45, 7) is 19.5. The first-order valence-corrected chi connectivity index (χ1v) is 24.1. The number of hydrogen-bond donors (Lipinski definition) is 1. The van der Waals surface area contributed by atoms with Crippen LogP contribution in [-0.4, -0.2) is 60.9 Å². The van der Waals surface area contributed by atoms with Crippen LogP contribution in [0, 0.1) is 56.7 Å². The van der Waals surface area contributed by atoms with E-state index < -0.39 is 5.41 Å². The number of ether oxygens (including phenoxy) is 2. The van der Waals surface area contributed by atoms with Gasteiger partial charge in [0.05, 0.1) is 30.2 Å². The lowest BCUT2D eigenvalue weighted by molar-refractivity contribution is -0.248. The monoisotopic (exact) mass is 841 g/mol. The summed E-state index contributed by atoms with van der Waals surface area (Å²) in [5.74, 6) is 0.825. The largest absolute Gasteiger partial charge is 0.469 e. The van der Waals surface area contributed by atoms with Crippen molar-refractivity contribution in [2.75, 3.05) is 20.2 Å². The van der Waals surface area contributed by atoms with Gasteiger partial charge in [0.1, 0.15) is 6.10 Å². The van der Waals surface area contributed by atoms with Gasteiger partial charge in [0.2, 0.25) is 5.91 Å². The summed E-state index contributed by atoms with van der Waals surface area (Å²) >= 11 is 0. The van der Waals surface area contributed by atoms with Crippen LogP contribution in [0.3, 0.4) is 0 Å². The van der Waals surface area contributed by atoms with E-state index in [0.29, 0.717) is 41.8 Å². The smallest absolute Gasteiger partial charge is 0.305 e. The molecule has 6 aliphatic rings. The van der Waals surface area contributed by atoms with Gasteiger partial charge in [-0.1, -0.05) is 97.4 Å². The summed E-state index contributed by atoms with van der Waals surface area (Å²) in [5.41, 5.74) is 1.43. The third kappa shape index (κ3) is 7.82. The van der Waals surface area contributed by atoms with Gasteiger partial charge in [-0.05, 0) is 135 Å². The predicted molar refractivity (Wildman–Crippen MR) is 237 cm³/mol. The van der Waals surface area contributed by atoms with Crippen LogP contribution in [0.1, 0.15) is 184 Å². The summed E-state index contributed by atoms with van der Waals surface area (Å²) in [4.78, 5) is 67.1. The van der Waals surface area contributed by atoms with E-state index in [-0.39, 0.29) is 75.8 Å². The Bertz CT molecular complexity index is 1840. The van der Waals surface area contributed by atoms with E-state index in [4.69, 9.17) is 9.47 Å². The Morgan fingerprint density at radius 1 is 0.754 bits per heavy atom. The number of rotatable bonds is 16. The number of esters is 2. The lowest BCUT2D eigenvalue weighted by Crippen LogP contribution is -2.67. The highest BCUT2D eigenvalue weighted by atomic mass is 16.5. The Kier molecular flexibility index (Phi) is 13.1. The summed E-state index contributed by atoms with van der Waals surface area (Å²) in [6.07, 6.45) is 18.9. The van der Waals surface area contributed by atoms with E-state index in [1.807, 2.05) is 12.1 Å². The first kappa shape index (κ1) is 45.5. The van der Waals surface area contributed by atoms with Crippen LogP contribution in [0.4, 0.5) is 0 Å². The highest BCUT2D eigenvalue weighted by molar-refractivity contribution is 6.21. The van der Waals surface area contributed by atoms with E-state index >= 15 is 0 Å². The predicted octanol–water partition coefficient (Wildman–Crippen LogP) is 10.7. The molecule has 3 amide bonds. The Labute approximate surface area is 366 Å². The molecule has 5 fully saturated rings. The Hall–Kier alpha value is -3.49. The highest BCUT2D eigenvalue weighted by Gasteiger charge is 2.72. The van der Waals surface area contributed by atoms with Crippen LogP contribution >= 0.6 is 0 Å². The minimum absolute atomic E-state index is 0.00686. The fourth-order valence-electron chi connectivity index (χ4n) is 15.5. The third-order valence-electron chi connectivity index (χ3n) is 18.7. The average Bonchev–Trinajstić information content (AvgIpc) is 3.73. The molecule has 5 aliphatic carbocycles. The second-order valence-corrected chi connectivity index (χ2v) is 21.8. The van der Waals surface area contributed by atoms with E-state index in [9.17, 15) is 24.0 Å². The molecule has 1 aliphatic heterocycles. The van der Waals surface area contributed by atoms with Gasteiger partial charge in [0.25, 0.3) is 11.8 Å². The van der Waals surface area contributed by atoms with Gasteiger partial charge in [-0.2, -0.15) is 0 Å². The number of benzene rings is 1. The fourth-order valence-corrected chi connectivity index (χ4v) is 15.5. The van der Waals surface area contributed by atoms with Crippen molar-refractivity contribution in [3.63, 3.8) is 0 Å². The summed E-state index contributed by atoms with van der Waals surface area (Å²) in [5, 5.41) is 3.48. The summed E-state index contributed by atoms with van der Waals surface area (Å²) in [7, 11) is 1.44. The molecule has 1 aromatic rings. The second-order valence-electron chi connectivity index (χ2n) is 21.8. The van der Waals surface area contributed by atoms with Crippen LogP contribution < -0.4 is 5.32 Å². The number of nitrogens with zero attached hydrogens (tertiary/aromatic N) is 1. The molecule has 0 spiro atoms. The number of methoxy groups -OCH3 is 1. The molecule has 10 atom stereocenters. The molecule has 1 aromatic carbocycles. The number of fused-ring (bicyclic) bond motifs is 8. The number of nitrogens with one attached hydrogen (secondary N) is 1. The van der Waals surface area contributed by atoms with Crippen molar-refractivity contribution in [1.29, 1.82) is 0 Å². The standard InChI is InChI=1S/C52H76N2O7/c1-34(33-54-45(57)37-19-16-17-20-38(37)46(54)58)36-24-29-52(47(59)53-32-18-14-12-10-9-11-13-15-21-43(56)60-8)31-30-50(6)39(44(36)52)22-23-41-49(5)27-26-42(61-35(2)55)48(3,4)40(49)25-28-51(41,50)7/h16-17,19-20,36,39-42,44H,1,9-15,18,21-33H2,2-8H3,(H,53,59)/t36-,39+,40-,41+,42-,44+,49-,50+,51+,52-/m0/s1. The maximum Gasteiger partial charge on any atom is 0.305 e. The maximum atomic E-state index is 14.9. The van der Waals surface area contributed by atoms with Crippen molar-refractivity contribution in [2.45, 2.75) is 170 Å². The van der Waals surface area contributed by atoms with Crippen LogP contribution in [0.2, 0.25) is 0 Å². The molecular formula is C52H76N2O7. The SMILES string of the molecule is C=C(CN1C(=O)c2ccccc2C1=O)[C@@H]1CC[C@]2(C(=O)NCCCCCCCCCCC(=O)OC)CC[C@]3(C)[C@H](CC[C@@H]4[C@@]5(C)CC[C@H](OC(C)=O)C(C)(C)[C@@H]5CC[C@]43C)[C@@H]12. The van der Waals surface area contributed by atoms with Gasteiger partial charge in [-0.15, -0.1) is 0 Å². The van der Waals surface area contributed by atoms with Gasteiger partial charge >= 0.3 is 11.9 Å². The number of hydrogen-bond acceptors (Lipinski definition) is 7. The van der Waals surface area contributed by atoms with Gasteiger partial charge < -0.3 is 14.8 Å². The molecule has 7 rings (SSSR count). The zero-order valence-electron chi connectivity index (χ0n) is 38.6. The van der Waals surface area contributed by atoms with E-state index in [2.05, 4.69) is 46.5 Å². The normalized spacial score (nSPS) is 35.9. The minimum Gasteiger partial charge on any atom is -0.469 e. The van der Waals surface area contributed by atoms with Crippen LogP contribution in [-0.2, 0) is 23.9 Å². The highest BCUT2D eigenvalue weighted by Crippen LogP contribution is 2.77. The average molecular weight is 841 g/mol. The van der Waals surface area contributed by atoms with Gasteiger partial charge in [-0.25, -0.2) is 0 Å². The first-order valence-electron chi connectivity index (χ1n) is 24.1. The third-order valence-corrected chi connectivity index (χ3v) is 18.7. The molecule has 0 unspecified atom stereocenters. The van der Waals surface area contributed by atoms with Crippen molar-refractivity contribution in [3.05, 3.63) is 47.5 Å². The van der Waals surface area contributed by atoms with Gasteiger partial charge in [0.15, 0.2) is 0 Å². The van der Waals surface area contributed by atoms with Crippen molar-refractivity contribution < 1.29 is 33.4 Å². The lowest BCUT2D eigenvalue weighted by Gasteiger charge is -2.72. The Morgan fingerprint density at radius 3 is 2.03 bits per heavy atom. The van der Waals surface area contributed by atoms with E-state index in [1.165, 1.54) is 18.4 Å². The molecule has 1 heterocycles. The van der Waals surface area contributed by atoms with Crippen molar-refractivity contribution in [3.8, 4) is 0 Å². The number of carbonyl (C=O) groups is 5. The quantitative estimate of drug-likeness (QED) is 0.0762. The topological polar surface area (TPSA) is 119 Å².